The van der Waals surface area contributed by atoms with Gasteiger partial charge in [-0.2, -0.15) is 0 Å². The highest BCUT2D eigenvalue weighted by Gasteiger charge is 2.40. The average molecular weight is 260 g/mol. The Morgan fingerprint density at radius 1 is 1.35 bits per heavy atom. The summed E-state index contributed by atoms with van der Waals surface area (Å²) in [5.74, 6) is 1.10. The minimum Gasteiger partial charge on any atom is -0.311 e. The molecule has 17 heavy (non-hydrogen) atoms. The van der Waals surface area contributed by atoms with Crippen LogP contribution in [0.3, 0.4) is 0 Å². The van der Waals surface area contributed by atoms with Gasteiger partial charge in [-0.15, -0.1) is 0 Å². The van der Waals surface area contributed by atoms with Gasteiger partial charge in [-0.25, -0.2) is 8.42 Å². The maximum atomic E-state index is 11.3. The first-order valence-corrected chi connectivity index (χ1v) is 8.50. The standard InChI is InChI=1S/C12H24N2O2S/c1-12(2)9-13-11(10-4-5-10)8-14(12)6-7-17(3,15)16/h10-11,13H,4-9H2,1-3H3. The van der Waals surface area contributed by atoms with E-state index in [-0.39, 0.29) is 11.3 Å². The Bertz CT molecular complexity index is 374. The predicted molar refractivity (Wildman–Crippen MR) is 69.9 cm³/mol. The molecule has 5 heteroatoms. The zero-order valence-electron chi connectivity index (χ0n) is 11.1. The van der Waals surface area contributed by atoms with Crippen LogP contribution in [0, 0.1) is 5.92 Å². The number of nitrogens with zero attached hydrogens (tertiary/aromatic N) is 1. The van der Waals surface area contributed by atoms with Crippen LogP contribution in [0.2, 0.25) is 0 Å². The van der Waals surface area contributed by atoms with Crippen molar-refractivity contribution in [3.8, 4) is 0 Å². The molecule has 4 nitrogen and oxygen atoms in total. The van der Waals surface area contributed by atoms with Gasteiger partial charge in [0.1, 0.15) is 9.84 Å². The third kappa shape index (κ3) is 3.66. The summed E-state index contributed by atoms with van der Waals surface area (Å²) in [6.07, 6.45) is 3.98. The zero-order valence-corrected chi connectivity index (χ0v) is 11.9. The fourth-order valence-corrected chi connectivity index (χ4v) is 3.08. The molecule has 1 aliphatic heterocycles. The van der Waals surface area contributed by atoms with E-state index in [9.17, 15) is 8.42 Å². The van der Waals surface area contributed by atoms with Crippen molar-refractivity contribution in [3.63, 3.8) is 0 Å². The number of hydrogen-bond donors (Lipinski definition) is 1. The Kier molecular flexibility index (Phi) is 3.54. The van der Waals surface area contributed by atoms with Gasteiger partial charge in [-0.05, 0) is 32.6 Å². The number of sulfone groups is 1. The molecule has 100 valence electrons. The second-order valence-corrected chi connectivity index (χ2v) is 8.47. The van der Waals surface area contributed by atoms with Gasteiger partial charge in [0.05, 0.1) is 5.75 Å². The molecule has 0 aromatic heterocycles. The summed E-state index contributed by atoms with van der Waals surface area (Å²) >= 11 is 0. The SMILES string of the molecule is CC1(C)CNC(C2CC2)CN1CCS(C)(=O)=O. The van der Waals surface area contributed by atoms with E-state index in [1.807, 2.05) is 0 Å². The van der Waals surface area contributed by atoms with Crippen LogP contribution in [0.5, 0.6) is 0 Å². The number of rotatable bonds is 4. The van der Waals surface area contributed by atoms with Crippen LogP contribution < -0.4 is 5.32 Å². The van der Waals surface area contributed by atoms with Crippen LogP contribution in [0.4, 0.5) is 0 Å². The van der Waals surface area contributed by atoms with Crippen LogP contribution in [0.25, 0.3) is 0 Å². The van der Waals surface area contributed by atoms with Crippen LogP contribution in [-0.2, 0) is 9.84 Å². The van der Waals surface area contributed by atoms with E-state index in [4.69, 9.17) is 0 Å². The monoisotopic (exact) mass is 260 g/mol. The lowest BCUT2D eigenvalue weighted by molar-refractivity contribution is 0.0671. The van der Waals surface area contributed by atoms with E-state index in [0.29, 0.717) is 12.6 Å². The lowest BCUT2D eigenvalue weighted by atomic mass is 9.96. The molecule has 1 saturated carbocycles. The Morgan fingerprint density at radius 3 is 2.53 bits per heavy atom. The molecular formula is C12H24N2O2S. The molecule has 1 atom stereocenters. The molecule has 2 fully saturated rings. The molecule has 0 bridgehead atoms. The maximum Gasteiger partial charge on any atom is 0.148 e. The quantitative estimate of drug-likeness (QED) is 0.799. The highest BCUT2D eigenvalue weighted by molar-refractivity contribution is 7.90. The Labute approximate surface area is 105 Å². The van der Waals surface area contributed by atoms with Crippen LogP contribution in [-0.4, -0.2) is 56.5 Å². The molecule has 1 saturated heterocycles. The summed E-state index contributed by atoms with van der Waals surface area (Å²) in [6, 6.07) is 0.572. The molecular weight excluding hydrogens is 236 g/mol. The summed E-state index contributed by atoms with van der Waals surface area (Å²) in [7, 11) is -2.86. The Balaban J connectivity index is 1.95. The Morgan fingerprint density at radius 2 is 2.00 bits per heavy atom. The number of piperazine rings is 1. The molecule has 1 N–H and O–H groups in total. The highest BCUT2D eigenvalue weighted by atomic mass is 32.2. The molecule has 0 radical (unpaired) electrons. The zero-order chi connectivity index (χ0) is 12.7. The molecule has 1 heterocycles. The van der Waals surface area contributed by atoms with Crippen molar-refractivity contribution in [1.29, 1.82) is 0 Å². The summed E-state index contributed by atoms with van der Waals surface area (Å²) in [6.45, 7) is 6.98. The largest absolute Gasteiger partial charge is 0.311 e. The maximum absolute atomic E-state index is 11.3. The molecule has 1 aliphatic carbocycles. The summed E-state index contributed by atoms with van der Waals surface area (Å²) in [5, 5.41) is 3.61. The van der Waals surface area contributed by atoms with Gasteiger partial charge in [0, 0.05) is 37.5 Å². The Hall–Kier alpha value is -0.130. The van der Waals surface area contributed by atoms with Crippen LogP contribution >= 0.6 is 0 Å². The number of nitrogens with one attached hydrogen (secondary N) is 1. The van der Waals surface area contributed by atoms with Gasteiger partial charge in [0.15, 0.2) is 0 Å². The van der Waals surface area contributed by atoms with Gasteiger partial charge in [-0.1, -0.05) is 0 Å². The molecule has 0 amide bonds. The normalized spacial score (nSPS) is 30.4. The fraction of sp³-hybridized carbons (Fsp3) is 1.00. The van der Waals surface area contributed by atoms with Crippen molar-refractivity contribution in [2.75, 3.05) is 31.6 Å². The van der Waals surface area contributed by atoms with E-state index in [0.717, 1.165) is 19.0 Å². The number of hydrogen-bond acceptors (Lipinski definition) is 4. The van der Waals surface area contributed by atoms with Gasteiger partial charge < -0.3 is 5.32 Å². The van der Waals surface area contributed by atoms with Gasteiger partial charge in [0.2, 0.25) is 0 Å². The second-order valence-electron chi connectivity index (χ2n) is 6.21. The summed E-state index contributed by atoms with van der Waals surface area (Å²) in [5.41, 5.74) is 0.0656. The predicted octanol–water partition coefficient (Wildman–Crippen LogP) is 0.493. The fourth-order valence-electron chi connectivity index (χ4n) is 2.53. The lowest BCUT2D eigenvalue weighted by Crippen LogP contribution is -2.63. The summed E-state index contributed by atoms with van der Waals surface area (Å²) < 4.78 is 22.5. The summed E-state index contributed by atoms with van der Waals surface area (Å²) in [4.78, 5) is 2.34. The van der Waals surface area contributed by atoms with Crippen molar-refractivity contribution in [1.82, 2.24) is 10.2 Å². The van der Waals surface area contributed by atoms with E-state index in [2.05, 4.69) is 24.1 Å². The molecule has 0 aromatic carbocycles. The minimum absolute atomic E-state index is 0.0656. The first-order chi connectivity index (χ1) is 7.78. The van der Waals surface area contributed by atoms with Gasteiger partial charge >= 0.3 is 0 Å². The van der Waals surface area contributed by atoms with Gasteiger partial charge in [0.25, 0.3) is 0 Å². The molecule has 2 rings (SSSR count). The third-order valence-corrected chi connectivity index (χ3v) is 4.92. The minimum atomic E-state index is -2.86. The van der Waals surface area contributed by atoms with E-state index >= 15 is 0 Å². The van der Waals surface area contributed by atoms with Gasteiger partial charge in [-0.3, -0.25) is 4.90 Å². The smallest absolute Gasteiger partial charge is 0.148 e. The molecule has 2 aliphatic rings. The van der Waals surface area contributed by atoms with Crippen molar-refractivity contribution in [2.45, 2.75) is 38.3 Å². The first kappa shape index (κ1) is 13.3. The van der Waals surface area contributed by atoms with E-state index in [1.54, 1.807) is 0 Å². The topological polar surface area (TPSA) is 49.4 Å². The van der Waals surface area contributed by atoms with E-state index < -0.39 is 9.84 Å². The molecule has 1 unspecified atom stereocenters. The van der Waals surface area contributed by atoms with Crippen molar-refractivity contribution in [2.24, 2.45) is 5.92 Å². The van der Waals surface area contributed by atoms with Crippen molar-refractivity contribution < 1.29 is 8.42 Å². The lowest BCUT2D eigenvalue weighted by Gasteiger charge is -2.46. The molecule has 0 aromatic rings. The van der Waals surface area contributed by atoms with Crippen molar-refractivity contribution in [3.05, 3.63) is 0 Å². The third-order valence-electron chi connectivity index (χ3n) is 3.99. The highest BCUT2D eigenvalue weighted by Crippen LogP contribution is 2.35. The van der Waals surface area contributed by atoms with Crippen LogP contribution in [0.1, 0.15) is 26.7 Å². The second kappa shape index (κ2) is 4.52. The van der Waals surface area contributed by atoms with E-state index in [1.165, 1.54) is 19.1 Å². The first-order valence-electron chi connectivity index (χ1n) is 6.44. The van der Waals surface area contributed by atoms with Crippen LogP contribution in [0.15, 0.2) is 0 Å². The average Bonchev–Trinajstić information content (AvgIpc) is 2.97. The van der Waals surface area contributed by atoms with Crippen molar-refractivity contribution >= 4 is 9.84 Å². The molecule has 0 spiro atoms.